The third kappa shape index (κ3) is 1.57. The first-order valence-electron chi connectivity index (χ1n) is 5.25. The van der Waals surface area contributed by atoms with Crippen LogP contribution in [0.3, 0.4) is 0 Å². The average molecular weight is 226 g/mol. The molecule has 1 aromatic carbocycles. The van der Waals surface area contributed by atoms with E-state index in [1.165, 1.54) is 0 Å². The number of aliphatic hydroxyl groups is 1. The summed E-state index contributed by atoms with van der Waals surface area (Å²) in [6.45, 7) is -0.0969. The fourth-order valence-corrected chi connectivity index (χ4v) is 1.80. The lowest BCUT2D eigenvalue weighted by Crippen LogP contribution is -2.02. The van der Waals surface area contributed by atoms with E-state index in [9.17, 15) is 5.11 Å². The Bertz CT molecular complexity index is 648. The number of aliphatic hydroxyl groups excluding tert-OH is 1. The number of nitrogens with zero attached hydrogens (tertiary/aromatic N) is 4. The standard InChI is InChI=1S/C12H10N4O/c17-8-10-9-4-1-2-5-11(9)16(15-10)12-13-6-3-7-14-12/h1-7,17H,8H2. The fraction of sp³-hybridized carbons (Fsp3) is 0.0833. The van der Waals surface area contributed by atoms with E-state index >= 15 is 0 Å². The van der Waals surface area contributed by atoms with Crippen molar-refractivity contribution in [2.75, 3.05) is 0 Å². The normalized spacial score (nSPS) is 10.9. The predicted molar refractivity (Wildman–Crippen MR) is 62.6 cm³/mol. The molecule has 0 fully saturated rings. The molecule has 5 heteroatoms. The number of aromatic nitrogens is 4. The molecule has 0 saturated heterocycles. The van der Waals surface area contributed by atoms with Gasteiger partial charge in [-0.3, -0.25) is 0 Å². The molecule has 0 amide bonds. The molecule has 0 atom stereocenters. The number of rotatable bonds is 2. The summed E-state index contributed by atoms with van der Waals surface area (Å²) in [7, 11) is 0. The van der Waals surface area contributed by atoms with Crippen LogP contribution in [0.25, 0.3) is 16.9 Å². The zero-order valence-corrected chi connectivity index (χ0v) is 8.98. The topological polar surface area (TPSA) is 63.8 Å². The first-order chi connectivity index (χ1) is 8.40. The molecule has 0 unspecified atom stereocenters. The van der Waals surface area contributed by atoms with Crippen LogP contribution in [0, 0.1) is 0 Å². The lowest BCUT2D eigenvalue weighted by molar-refractivity contribution is 0.277. The Morgan fingerprint density at radius 1 is 1.06 bits per heavy atom. The van der Waals surface area contributed by atoms with Gasteiger partial charge in [-0.2, -0.15) is 9.78 Å². The molecule has 0 radical (unpaired) electrons. The predicted octanol–water partition coefficient (Wildman–Crippen LogP) is 1.31. The van der Waals surface area contributed by atoms with Crippen LogP contribution in [0.1, 0.15) is 5.69 Å². The summed E-state index contributed by atoms with van der Waals surface area (Å²) in [5.41, 5.74) is 1.52. The highest BCUT2D eigenvalue weighted by atomic mass is 16.3. The van der Waals surface area contributed by atoms with E-state index < -0.39 is 0 Å². The molecule has 84 valence electrons. The van der Waals surface area contributed by atoms with Crippen LogP contribution in [-0.2, 0) is 6.61 Å². The van der Waals surface area contributed by atoms with E-state index in [-0.39, 0.29) is 6.61 Å². The fourth-order valence-electron chi connectivity index (χ4n) is 1.80. The van der Waals surface area contributed by atoms with Crippen molar-refractivity contribution in [3.8, 4) is 5.95 Å². The molecular formula is C12H10N4O. The van der Waals surface area contributed by atoms with E-state index in [0.717, 1.165) is 10.9 Å². The minimum absolute atomic E-state index is 0.0969. The smallest absolute Gasteiger partial charge is 0.251 e. The first-order valence-corrected chi connectivity index (χ1v) is 5.25. The van der Waals surface area contributed by atoms with E-state index in [1.54, 1.807) is 23.1 Å². The van der Waals surface area contributed by atoms with Crippen LogP contribution in [0.4, 0.5) is 0 Å². The summed E-state index contributed by atoms with van der Waals surface area (Å²) in [5.74, 6) is 0.503. The maximum Gasteiger partial charge on any atom is 0.251 e. The molecule has 0 bridgehead atoms. The summed E-state index contributed by atoms with van der Waals surface area (Å²) < 4.78 is 1.64. The number of benzene rings is 1. The SMILES string of the molecule is OCc1nn(-c2ncccn2)c2ccccc12. The Morgan fingerprint density at radius 2 is 1.82 bits per heavy atom. The highest BCUT2D eigenvalue weighted by molar-refractivity contribution is 5.82. The van der Waals surface area contributed by atoms with Crippen LogP contribution in [0.5, 0.6) is 0 Å². The number of hydrogen-bond donors (Lipinski definition) is 1. The molecule has 3 aromatic rings. The van der Waals surface area contributed by atoms with E-state index in [1.807, 2.05) is 24.3 Å². The van der Waals surface area contributed by atoms with Crippen molar-refractivity contribution in [1.82, 2.24) is 19.7 Å². The second-order valence-corrected chi connectivity index (χ2v) is 3.58. The molecular weight excluding hydrogens is 216 g/mol. The van der Waals surface area contributed by atoms with Gasteiger partial charge < -0.3 is 5.11 Å². The Labute approximate surface area is 97.4 Å². The zero-order valence-electron chi connectivity index (χ0n) is 8.98. The average Bonchev–Trinajstić information content (AvgIpc) is 2.78. The largest absolute Gasteiger partial charge is 0.390 e. The van der Waals surface area contributed by atoms with Crippen molar-refractivity contribution >= 4 is 10.9 Å². The second-order valence-electron chi connectivity index (χ2n) is 3.58. The van der Waals surface area contributed by atoms with Gasteiger partial charge in [-0.15, -0.1) is 0 Å². The van der Waals surface area contributed by atoms with Crippen LogP contribution >= 0.6 is 0 Å². The van der Waals surface area contributed by atoms with Crippen molar-refractivity contribution in [3.05, 3.63) is 48.4 Å². The van der Waals surface area contributed by atoms with Gasteiger partial charge in [0, 0.05) is 17.8 Å². The van der Waals surface area contributed by atoms with E-state index in [4.69, 9.17) is 0 Å². The van der Waals surface area contributed by atoms with E-state index in [0.29, 0.717) is 11.6 Å². The maximum atomic E-state index is 9.28. The van der Waals surface area contributed by atoms with E-state index in [2.05, 4.69) is 15.1 Å². The van der Waals surface area contributed by atoms with Crippen molar-refractivity contribution in [2.24, 2.45) is 0 Å². The molecule has 0 spiro atoms. The molecule has 2 heterocycles. The summed E-state index contributed by atoms with van der Waals surface area (Å²) in [6, 6.07) is 9.44. The minimum Gasteiger partial charge on any atom is -0.390 e. The van der Waals surface area contributed by atoms with Gasteiger partial charge in [0.25, 0.3) is 5.95 Å². The number of fused-ring (bicyclic) bond motifs is 1. The van der Waals surface area contributed by atoms with Crippen LogP contribution in [0.2, 0.25) is 0 Å². The second kappa shape index (κ2) is 3.95. The van der Waals surface area contributed by atoms with Gasteiger partial charge in [-0.25, -0.2) is 9.97 Å². The molecule has 0 aliphatic rings. The van der Waals surface area contributed by atoms with Gasteiger partial charge in [-0.05, 0) is 12.1 Å². The third-order valence-electron chi connectivity index (χ3n) is 2.56. The van der Waals surface area contributed by atoms with Gasteiger partial charge in [0.1, 0.15) is 0 Å². The molecule has 17 heavy (non-hydrogen) atoms. The molecule has 0 aliphatic carbocycles. The number of para-hydroxylation sites is 1. The number of hydrogen-bond acceptors (Lipinski definition) is 4. The van der Waals surface area contributed by atoms with Crippen molar-refractivity contribution in [2.45, 2.75) is 6.61 Å². The van der Waals surface area contributed by atoms with Gasteiger partial charge in [0.05, 0.1) is 17.8 Å². The quantitative estimate of drug-likeness (QED) is 0.715. The monoisotopic (exact) mass is 226 g/mol. The molecule has 0 aliphatic heterocycles. The molecule has 3 rings (SSSR count). The van der Waals surface area contributed by atoms with Crippen LogP contribution in [-0.4, -0.2) is 24.9 Å². The summed E-state index contributed by atoms with van der Waals surface area (Å²) in [5, 5.41) is 14.5. The maximum absolute atomic E-state index is 9.28. The molecule has 2 aromatic heterocycles. The molecule has 5 nitrogen and oxygen atoms in total. The zero-order chi connectivity index (χ0) is 11.7. The third-order valence-corrected chi connectivity index (χ3v) is 2.56. The van der Waals surface area contributed by atoms with Crippen molar-refractivity contribution in [3.63, 3.8) is 0 Å². The minimum atomic E-state index is -0.0969. The highest BCUT2D eigenvalue weighted by Crippen LogP contribution is 2.20. The summed E-state index contributed by atoms with van der Waals surface area (Å²) in [6.07, 6.45) is 3.33. The highest BCUT2D eigenvalue weighted by Gasteiger charge is 2.11. The van der Waals surface area contributed by atoms with Crippen LogP contribution < -0.4 is 0 Å². The lowest BCUT2D eigenvalue weighted by atomic mass is 10.2. The van der Waals surface area contributed by atoms with Crippen LogP contribution in [0.15, 0.2) is 42.7 Å². The van der Waals surface area contributed by atoms with Gasteiger partial charge in [-0.1, -0.05) is 18.2 Å². The van der Waals surface area contributed by atoms with Crippen molar-refractivity contribution in [1.29, 1.82) is 0 Å². The first kappa shape index (κ1) is 9.92. The Balaban J connectivity index is 2.31. The van der Waals surface area contributed by atoms with Crippen molar-refractivity contribution < 1.29 is 5.11 Å². The Hall–Kier alpha value is -2.27. The Morgan fingerprint density at radius 3 is 2.59 bits per heavy atom. The Kier molecular flexibility index (Phi) is 2.31. The van der Waals surface area contributed by atoms with Gasteiger partial charge >= 0.3 is 0 Å². The summed E-state index contributed by atoms with van der Waals surface area (Å²) in [4.78, 5) is 8.31. The molecule has 1 N–H and O–H groups in total. The molecule has 0 saturated carbocycles. The van der Waals surface area contributed by atoms with Gasteiger partial charge in [0.2, 0.25) is 0 Å². The van der Waals surface area contributed by atoms with Gasteiger partial charge in [0.15, 0.2) is 0 Å². The summed E-state index contributed by atoms with van der Waals surface area (Å²) >= 11 is 0. The lowest BCUT2D eigenvalue weighted by Gasteiger charge is -1.99.